The summed E-state index contributed by atoms with van der Waals surface area (Å²) in [4.78, 5) is 4.00. The van der Waals surface area contributed by atoms with Crippen molar-refractivity contribution < 1.29 is 8.78 Å². The highest BCUT2D eigenvalue weighted by atomic mass is 127. The number of pyridine rings is 1. The number of hydrogen-bond acceptors (Lipinski definition) is 2. The lowest BCUT2D eigenvalue weighted by Gasteiger charge is -2.07. The molecule has 0 atom stereocenters. The minimum absolute atomic E-state index is 0.184. The Morgan fingerprint density at radius 1 is 1.06 bits per heavy atom. The van der Waals surface area contributed by atoms with Crippen molar-refractivity contribution >= 4 is 34.1 Å². The third-order valence-corrected chi connectivity index (χ3v) is 2.58. The maximum absolute atomic E-state index is 13.3. The van der Waals surface area contributed by atoms with E-state index in [2.05, 4.69) is 32.9 Å². The number of nitrogens with zero attached hydrogens (tertiary/aromatic N) is 1. The number of hydrogen-bond donors (Lipinski definition) is 1. The summed E-state index contributed by atoms with van der Waals surface area (Å²) in [6.45, 7) is 0. The predicted molar refractivity (Wildman–Crippen MR) is 66.6 cm³/mol. The zero-order valence-electron chi connectivity index (χ0n) is 8.05. The number of anilines is 2. The van der Waals surface area contributed by atoms with Crippen molar-refractivity contribution in [2.24, 2.45) is 0 Å². The van der Waals surface area contributed by atoms with Crippen LogP contribution < -0.4 is 5.32 Å². The highest BCUT2D eigenvalue weighted by molar-refractivity contribution is 14.1. The minimum Gasteiger partial charge on any atom is -0.335 e. The van der Waals surface area contributed by atoms with Crippen LogP contribution in [0.1, 0.15) is 0 Å². The van der Waals surface area contributed by atoms with Crippen LogP contribution in [0.5, 0.6) is 0 Å². The van der Waals surface area contributed by atoms with E-state index in [1.807, 2.05) is 0 Å². The Morgan fingerprint density at radius 2 is 1.75 bits per heavy atom. The van der Waals surface area contributed by atoms with Gasteiger partial charge in [0.2, 0.25) is 0 Å². The lowest BCUT2D eigenvalue weighted by atomic mass is 10.3. The first-order chi connectivity index (χ1) is 7.66. The number of para-hydroxylation sites is 1. The van der Waals surface area contributed by atoms with Crippen LogP contribution in [0.2, 0.25) is 0 Å². The number of halogens is 3. The van der Waals surface area contributed by atoms with Crippen LogP contribution in [0.3, 0.4) is 0 Å². The van der Waals surface area contributed by atoms with Gasteiger partial charge in [-0.2, -0.15) is 0 Å². The van der Waals surface area contributed by atoms with E-state index in [1.165, 1.54) is 18.2 Å². The molecule has 0 unspecified atom stereocenters. The van der Waals surface area contributed by atoms with Crippen LogP contribution in [0.15, 0.2) is 36.5 Å². The zero-order chi connectivity index (χ0) is 11.5. The van der Waals surface area contributed by atoms with Crippen molar-refractivity contribution in [1.29, 1.82) is 0 Å². The molecule has 0 aliphatic carbocycles. The second-order valence-corrected chi connectivity index (χ2v) is 4.33. The topological polar surface area (TPSA) is 24.9 Å². The maximum atomic E-state index is 13.3. The molecule has 1 aromatic heterocycles. The summed E-state index contributed by atoms with van der Waals surface area (Å²) in [6.07, 6.45) is 1.61. The first-order valence-corrected chi connectivity index (χ1v) is 5.57. The Labute approximate surface area is 105 Å². The van der Waals surface area contributed by atoms with E-state index in [1.54, 1.807) is 18.3 Å². The monoisotopic (exact) mass is 332 g/mol. The number of rotatable bonds is 2. The Morgan fingerprint density at radius 3 is 2.31 bits per heavy atom. The quantitative estimate of drug-likeness (QED) is 0.848. The molecule has 0 amide bonds. The average Bonchev–Trinajstić information content (AvgIpc) is 2.26. The van der Waals surface area contributed by atoms with Crippen LogP contribution in [0.25, 0.3) is 0 Å². The molecule has 2 aromatic rings. The van der Waals surface area contributed by atoms with Crippen LogP contribution in [0, 0.1) is 15.2 Å². The summed E-state index contributed by atoms with van der Waals surface area (Å²) >= 11 is 2.10. The van der Waals surface area contributed by atoms with Crippen LogP contribution >= 0.6 is 22.6 Å². The highest BCUT2D eigenvalue weighted by Gasteiger charge is 2.08. The Bertz CT molecular complexity index is 480. The Hall–Kier alpha value is -1.24. The summed E-state index contributed by atoms with van der Waals surface area (Å²) in [7, 11) is 0. The summed E-state index contributed by atoms with van der Waals surface area (Å²) in [5, 5.41) is 2.60. The van der Waals surface area contributed by atoms with Crippen LogP contribution in [-0.2, 0) is 0 Å². The van der Waals surface area contributed by atoms with E-state index < -0.39 is 11.6 Å². The van der Waals surface area contributed by atoms with Gasteiger partial charge < -0.3 is 5.32 Å². The van der Waals surface area contributed by atoms with Crippen molar-refractivity contribution in [1.82, 2.24) is 4.98 Å². The Balaban J connectivity index is 2.30. The van der Waals surface area contributed by atoms with Crippen molar-refractivity contribution in [2.45, 2.75) is 0 Å². The first-order valence-electron chi connectivity index (χ1n) is 4.49. The second kappa shape index (κ2) is 4.73. The maximum Gasteiger partial charge on any atom is 0.149 e. The molecule has 82 valence electrons. The van der Waals surface area contributed by atoms with Crippen molar-refractivity contribution in [3.8, 4) is 0 Å². The molecule has 0 aliphatic rings. The third kappa shape index (κ3) is 2.46. The molecule has 1 heterocycles. The van der Waals surface area contributed by atoms with Gasteiger partial charge in [-0.3, -0.25) is 0 Å². The molecule has 0 spiro atoms. The lowest BCUT2D eigenvalue weighted by molar-refractivity contribution is 0.590. The van der Waals surface area contributed by atoms with Gasteiger partial charge in [0.1, 0.15) is 23.1 Å². The zero-order valence-corrected chi connectivity index (χ0v) is 10.2. The van der Waals surface area contributed by atoms with Gasteiger partial charge in [-0.25, -0.2) is 13.8 Å². The van der Waals surface area contributed by atoms with Gasteiger partial charge in [0.05, 0.1) is 0 Å². The summed E-state index contributed by atoms with van der Waals surface area (Å²) in [5.74, 6) is -0.870. The van der Waals surface area contributed by atoms with E-state index in [9.17, 15) is 8.78 Å². The molecular weight excluding hydrogens is 325 g/mol. The molecule has 16 heavy (non-hydrogen) atoms. The molecule has 0 aliphatic heterocycles. The van der Waals surface area contributed by atoms with E-state index in [-0.39, 0.29) is 5.69 Å². The molecule has 1 N–H and O–H groups in total. The SMILES string of the molecule is Fc1cccc(F)c1Nc1ccc(I)cn1. The average molecular weight is 332 g/mol. The van der Waals surface area contributed by atoms with Gasteiger partial charge in [0.25, 0.3) is 0 Å². The van der Waals surface area contributed by atoms with E-state index in [0.717, 1.165) is 3.57 Å². The molecular formula is C11H7F2IN2. The van der Waals surface area contributed by atoms with Gasteiger partial charge in [0, 0.05) is 9.77 Å². The fraction of sp³-hybridized carbons (Fsp3) is 0. The fourth-order valence-electron chi connectivity index (χ4n) is 1.20. The fourth-order valence-corrected chi connectivity index (χ4v) is 1.51. The van der Waals surface area contributed by atoms with E-state index in [4.69, 9.17) is 0 Å². The van der Waals surface area contributed by atoms with Crippen LogP contribution in [-0.4, -0.2) is 4.98 Å². The molecule has 0 saturated heterocycles. The highest BCUT2D eigenvalue weighted by Crippen LogP contribution is 2.21. The standard InChI is InChI=1S/C11H7F2IN2/c12-8-2-1-3-9(13)11(8)16-10-5-4-7(14)6-15-10/h1-6H,(H,15,16). The summed E-state index contributed by atoms with van der Waals surface area (Å²) < 4.78 is 27.5. The summed E-state index contributed by atoms with van der Waals surface area (Å²) in [6, 6.07) is 7.16. The van der Waals surface area contributed by atoms with E-state index >= 15 is 0 Å². The first kappa shape index (κ1) is 11.3. The number of nitrogens with one attached hydrogen (secondary N) is 1. The van der Waals surface area contributed by atoms with Gasteiger partial charge in [-0.1, -0.05) is 6.07 Å². The van der Waals surface area contributed by atoms with Gasteiger partial charge in [-0.05, 0) is 46.9 Å². The molecule has 1 aromatic carbocycles. The molecule has 0 radical (unpaired) electrons. The normalized spacial score (nSPS) is 10.2. The van der Waals surface area contributed by atoms with Gasteiger partial charge in [0.15, 0.2) is 0 Å². The predicted octanol–water partition coefficient (Wildman–Crippen LogP) is 3.71. The van der Waals surface area contributed by atoms with Crippen molar-refractivity contribution in [3.05, 3.63) is 51.7 Å². The largest absolute Gasteiger partial charge is 0.335 e. The Kier molecular flexibility index (Phi) is 3.33. The third-order valence-electron chi connectivity index (χ3n) is 1.94. The van der Waals surface area contributed by atoms with Gasteiger partial charge in [-0.15, -0.1) is 0 Å². The van der Waals surface area contributed by atoms with Crippen LogP contribution in [0.4, 0.5) is 20.3 Å². The van der Waals surface area contributed by atoms with Crippen molar-refractivity contribution in [2.75, 3.05) is 5.32 Å². The van der Waals surface area contributed by atoms with Crippen molar-refractivity contribution in [3.63, 3.8) is 0 Å². The van der Waals surface area contributed by atoms with Gasteiger partial charge >= 0.3 is 0 Å². The molecule has 0 bridgehead atoms. The molecule has 0 saturated carbocycles. The number of aromatic nitrogens is 1. The molecule has 2 nitrogen and oxygen atoms in total. The minimum atomic E-state index is -0.639. The second-order valence-electron chi connectivity index (χ2n) is 3.08. The molecule has 2 rings (SSSR count). The smallest absolute Gasteiger partial charge is 0.149 e. The lowest BCUT2D eigenvalue weighted by Crippen LogP contribution is -1.98. The molecule has 0 fully saturated rings. The molecule has 5 heteroatoms. The van der Waals surface area contributed by atoms with E-state index in [0.29, 0.717) is 5.82 Å². The summed E-state index contributed by atoms with van der Waals surface area (Å²) in [5.41, 5.74) is -0.184. The number of benzene rings is 1.